The first-order chi connectivity index (χ1) is 12.1. The molecule has 2 aliphatic heterocycles. The van der Waals surface area contributed by atoms with Crippen molar-refractivity contribution in [3.8, 4) is 0 Å². The molecule has 2 rings (SSSR count). The summed E-state index contributed by atoms with van der Waals surface area (Å²) in [6.07, 6.45) is 3.49. The van der Waals surface area contributed by atoms with Gasteiger partial charge in [0.1, 0.15) is 0 Å². The molecule has 1 N–H and O–H groups in total. The predicted octanol–water partition coefficient (Wildman–Crippen LogP) is 0.325. The molecule has 1 atom stereocenters. The Labute approximate surface area is 153 Å². The van der Waals surface area contributed by atoms with E-state index in [9.17, 15) is 0 Å². The minimum Gasteiger partial charge on any atom is -0.385 e. The maximum atomic E-state index is 5.95. The standard InChI is InChI=1S/C18H37N5O2/c1-19-18(20-14-16-15-21(2)10-11-22(16)3)23-8-6-17(7-9-23)25-13-5-12-24-4/h16-17H,5-15H2,1-4H3,(H,19,20). The molecule has 0 aromatic carbocycles. The van der Waals surface area contributed by atoms with Crippen LogP contribution in [-0.4, -0.2) is 114 Å². The molecule has 0 saturated carbocycles. The fourth-order valence-electron chi connectivity index (χ4n) is 3.55. The topological polar surface area (TPSA) is 52.6 Å². The van der Waals surface area contributed by atoms with Crippen LogP contribution in [0.1, 0.15) is 19.3 Å². The molecule has 2 saturated heterocycles. The van der Waals surface area contributed by atoms with Gasteiger partial charge in [-0.3, -0.25) is 9.89 Å². The SMILES string of the molecule is CN=C(NCC1CN(C)CCN1C)N1CCC(OCCCOC)CC1. The lowest BCUT2D eigenvalue weighted by Gasteiger charge is -2.39. The van der Waals surface area contributed by atoms with Gasteiger partial charge in [-0.1, -0.05) is 0 Å². The number of likely N-dealkylation sites (tertiary alicyclic amines) is 1. The fraction of sp³-hybridized carbons (Fsp3) is 0.944. The minimum absolute atomic E-state index is 0.379. The van der Waals surface area contributed by atoms with Crippen LogP contribution >= 0.6 is 0 Å². The summed E-state index contributed by atoms with van der Waals surface area (Å²) in [7, 11) is 8.04. The molecule has 7 heteroatoms. The van der Waals surface area contributed by atoms with Crippen molar-refractivity contribution in [1.82, 2.24) is 20.0 Å². The van der Waals surface area contributed by atoms with Gasteiger partial charge in [-0.2, -0.15) is 0 Å². The molecule has 0 aromatic rings. The van der Waals surface area contributed by atoms with Gasteiger partial charge in [0.15, 0.2) is 5.96 Å². The van der Waals surface area contributed by atoms with Crippen molar-refractivity contribution in [2.24, 2.45) is 4.99 Å². The molecule has 25 heavy (non-hydrogen) atoms. The average Bonchev–Trinajstić information content (AvgIpc) is 2.63. The Hall–Kier alpha value is -0.890. The molecular weight excluding hydrogens is 318 g/mol. The van der Waals surface area contributed by atoms with Crippen LogP contribution in [-0.2, 0) is 9.47 Å². The van der Waals surface area contributed by atoms with Gasteiger partial charge in [-0.25, -0.2) is 0 Å². The number of aliphatic imine (C=N–C) groups is 1. The fourth-order valence-corrected chi connectivity index (χ4v) is 3.55. The Morgan fingerprint density at radius 2 is 1.88 bits per heavy atom. The first-order valence-corrected chi connectivity index (χ1v) is 9.59. The van der Waals surface area contributed by atoms with Crippen LogP contribution in [0.15, 0.2) is 4.99 Å². The summed E-state index contributed by atoms with van der Waals surface area (Å²) in [6, 6.07) is 0.539. The van der Waals surface area contributed by atoms with Crippen molar-refractivity contribution >= 4 is 5.96 Å². The van der Waals surface area contributed by atoms with Gasteiger partial charge in [-0.15, -0.1) is 0 Å². The summed E-state index contributed by atoms with van der Waals surface area (Å²) in [5.74, 6) is 1.03. The molecule has 0 radical (unpaired) electrons. The van der Waals surface area contributed by atoms with E-state index in [1.807, 2.05) is 7.05 Å². The Bertz CT molecular complexity index is 399. The highest BCUT2D eigenvalue weighted by Gasteiger charge is 2.25. The van der Waals surface area contributed by atoms with Crippen LogP contribution in [0.5, 0.6) is 0 Å². The van der Waals surface area contributed by atoms with Crippen molar-refractivity contribution in [2.75, 3.05) is 80.7 Å². The zero-order valence-electron chi connectivity index (χ0n) is 16.5. The van der Waals surface area contributed by atoms with Crippen molar-refractivity contribution < 1.29 is 9.47 Å². The zero-order chi connectivity index (χ0) is 18.1. The van der Waals surface area contributed by atoms with Gasteiger partial charge in [-0.05, 0) is 33.4 Å². The number of piperidine rings is 1. The molecule has 7 nitrogen and oxygen atoms in total. The molecular formula is C18H37N5O2. The van der Waals surface area contributed by atoms with E-state index >= 15 is 0 Å². The van der Waals surface area contributed by atoms with E-state index in [2.05, 4.69) is 39.1 Å². The van der Waals surface area contributed by atoms with E-state index < -0.39 is 0 Å². The second-order valence-electron chi connectivity index (χ2n) is 7.23. The maximum Gasteiger partial charge on any atom is 0.193 e. The van der Waals surface area contributed by atoms with Crippen LogP contribution < -0.4 is 5.32 Å². The van der Waals surface area contributed by atoms with Crippen LogP contribution in [0.25, 0.3) is 0 Å². The Morgan fingerprint density at radius 1 is 1.12 bits per heavy atom. The summed E-state index contributed by atoms with van der Waals surface area (Å²) >= 11 is 0. The van der Waals surface area contributed by atoms with Gasteiger partial charge in [0.05, 0.1) is 6.10 Å². The van der Waals surface area contributed by atoms with Crippen molar-refractivity contribution in [2.45, 2.75) is 31.4 Å². The molecule has 1 unspecified atom stereocenters. The molecule has 0 amide bonds. The molecule has 146 valence electrons. The predicted molar refractivity (Wildman–Crippen MR) is 102 cm³/mol. The van der Waals surface area contributed by atoms with Gasteiger partial charge in [0, 0.05) is 72.7 Å². The van der Waals surface area contributed by atoms with E-state index in [1.54, 1.807) is 7.11 Å². The number of hydrogen-bond acceptors (Lipinski definition) is 5. The Kier molecular flexibility index (Phi) is 8.95. The number of hydrogen-bond donors (Lipinski definition) is 1. The lowest BCUT2D eigenvalue weighted by Crippen LogP contribution is -2.56. The van der Waals surface area contributed by atoms with E-state index in [0.717, 1.165) is 77.7 Å². The number of piperazine rings is 1. The number of nitrogens with zero attached hydrogens (tertiary/aromatic N) is 4. The van der Waals surface area contributed by atoms with E-state index in [4.69, 9.17) is 9.47 Å². The maximum absolute atomic E-state index is 5.95. The van der Waals surface area contributed by atoms with Crippen LogP contribution in [0.3, 0.4) is 0 Å². The largest absolute Gasteiger partial charge is 0.385 e. The normalized spacial score (nSPS) is 24.7. The van der Waals surface area contributed by atoms with Gasteiger partial charge in [0.25, 0.3) is 0 Å². The molecule has 2 fully saturated rings. The number of ether oxygens (including phenoxy) is 2. The third-order valence-electron chi connectivity index (χ3n) is 5.28. The summed E-state index contributed by atoms with van der Waals surface area (Å²) < 4.78 is 11.0. The lowest BCUT2D eigenvalue weighted by atomic mass is 10.1. The summed E-state index contributed by atoms with van der Waals surface area (Å²) in [5, 5.41) is 3.58. The monoisotopic (exact) mass is 355 g/mol. The zero-order valence-corrected chi connectivity index (χ0v) is 16.5. The highest BCUT2D eigenvalue weighted by molar-refractivity contribution is 5.80. The molecule has 0 spiro atoms. The molecule has 0 aliphatic carbocycles. The van der Waals surface area contributed by atoms with E-state index in [-0.39, 0.29) is 0 Å². The highest BCUT2D eigenvalue weighted by Crippen LogP contribution is 2.14. The van der Waals surface area contributed by atoms with Crippen LogP contribution in [0.2, 0.25) is 0 Å². The number of rotatable bonds is 7. The second-order valence-corrected chi connectivity index (χ2v) is 7.23. The quantitative estimate of drug-likeness (QED) is 0.403. The van der Waals surface area contributed by atoms with Crippen molar-refractivity contribution in [3.63, 3.8) is 0 Å². The van der Waals surface area contributed by atoms with Gasteiger partial charge >= 0.3 is 0 Å². The summed E-state index contributed by atoms with van der Waals surface area (Å²) in [6.45, 7) is 7.93. The Balaban J connectivity index is 1.69. The minimum atomic E-state index is 0.379. The van der Waals surface area contributed by atoms with Crippen molar-refractivity contribution in [3.05, 3.63) is 0 Å². The molecule has 0 bridgehead atoms. The summed E-state index contributed by atoms with van der Waals surface area (Å²) in [5.41, 5.74) is 0. The molecule has 2 aliphatic rings. The average molecular weight is 356 g/mol. The summed E-state index contributed by atoms with van der Waals surface area (Å²) in [4.78, 5) is 11.7. The van der Waals surface area contributed by atoms with Crippen LogP contribution in [0, 0.1) is 0 Å². The first kappa shape index (κ1) is 20.4. The Morgan fingerprint density at radius 3 is 2.56 bits per heavy atom. The number of guanidine groups is 1. The molecule has 0 aromatic heterocycles. The number of likely N-dealkylation sites (N-methyl/N-ethyl adjacent to an activating group) is 2. The number of nitrogens with one attached hydrogen (secondary N) is 1. The smallest absolute Gasteiger partial charge is 0.193 e. The lowest BCUT2D eigenvalue weighted by molar-refractivity contribution is 0.00981. The second kappa shape index (κ2) is 11.0. The molecule has 2 heterocycles. The first-order valence-electron chi connectivity index (χ1n) is 9.59. The third kappa shape index (κ3) is 6.73. The van der Waals surface area contributed by atoms with E-state index in [0.29, 0.717) is 12.1 Å². The van der Waals surface area contributed by atoms with Crippen LogP contribution in [0.4, 0.5) is 0 Å². The van der Waals surface area contributed by atoms with Gasteiger partial charge < -0.3 is 24.6 Å². The third-order valence-corrected chi connectivity index (χ3v) is 5.28. The van der Waals surface area contributed by atoms with Gasteiger partial charge in [0.2, 0.25) is 0 Å². The number of methoxy groups -OCH3 is 1. The van der Waals surface area contributed by atoms with Crippen molar-refractivity contribution in [1.29, 1.82) is 0 Å². The van der Waals surface area contributed by atoms with E-state index in [1.165, 1.54) is 0 Å². The highest BCUT2D eigenvalue weighted by atomic mass is 16.5.